The van der Waals surface area contributed by atoms with Crippen molar-refractivity contribution in [3.8, 4) is 0 Å². The summed E-state index contributed by atoms with van der Waals surface area (Å²) in [5.41, 5.74) is 0.454. The van der Waals surface area contributed by atoms with E-state index in [-0.39, 0.29) is 35.0 Å². The van der Waals surface area contributed by atoms with Crippen molar-refractivity contribution in [2.45, 2.75) is 76.5 Å². The monoisotopic (exact) mass is 478 g/mol. The van der Waals surface area contributed by atoms with Crippen molar-refractivity contribution >= 4 is 27.5 Å². The number of hydrogen-bond donors (Lipinski definition) is 1. The summed E-state index contributed by atoms with van der Waals surface area (Å²) in [4.78, 5) is 17.4. The Bertz CT molecular complexity index is 953. The van der Waals surface area contributed by atoms with E-state index in [2.05, 4.69) is 14.6 Å². The molecule has 0 saturated carbocycles. The molecule has 2 saturated heterocycles. The Balaban J connectivity index is 1.79. The van der Waals surface area contributed by atoms with Gasteiger partial charge in [0.05, 0.1) is 23.1 Å². The van der Waals surface area contributed by atoms with Crippen molar-refractivity contribution in [3.05, 3.63) is 24.3 Å². The van der Waals surface area contributed by atoms with Crippen LogP contribution in [0.5, 0.6) is 0 Å². The topological polar surface area (TPSA) is 91.3 Å². The third-order valence-electron chi connectivity index (χ3n) is 6.20. The molecule has 3 unspecified atom stereocenters. The molecule has 2 aliphatic rings. The molecular formula is C24H38N4O4S. The number of morpholine rings is 1. The number of amides is 1. The highest BCUT2D eigenvalue weighted by Gasteiger charge is 2.34. The number of carbonyl (C=O) groups is 1. The average molecular weight is 479 g/mol. The predicted octanol–water partition coefficient (Wildman–Crippen LogP) is 3.35. The van der Waals surface area contributed by atoms with Gasteiger partial charge >= 0.3 is 0 Å². The molecule has 0 radical (unpaired) electrons. The third kappa shape index (κ3) is 6.77. The molecular weight excluding hydrogens is 440 g/mol. The highest BCUT2D eigenvalue weighted by molar-refractivity contribution is 7.90. The maximum Gasteiger partial charge on any atom is 0.284 e. The van der Waals surface area contributed by atoms with Crippen LogP contribution in [0, 0.1) is 5.92 Å². The average Bonchev–Trinajstić information content (AvgIpc) is 2.91. The van der Waals surface area contributed by atoms with Crippen molar-refractivity contribution in [2.24, 2.45) is 10.3 Å². The number of hydrogen-bond acceptors (Lipinski definition) is 5. The summed E-state index contributed by atoms with van der Waals surface area (Å²) in [6, 6.07) is 6.04. The Kier molecular flexibility index (Phi) is 8.53. The molecule has 9 heteroatoms. The number of sulfonamides is 1. The molecule has 3 atom stereocenters. The molecule has 2 aliphatic heterocycles. The molecule has 8 nitrogen and oxygen atoms in total. The minimum atomic E-state index is -3.87. The summed E-state index contributed by atoms with van der Waals surface area (Å²) < 4.78 is 36.0. The minimum absolute atomic E-state index is 0.0532. The number of anilines is 1. The van der Waals surface area contributed by atoms with E-state index in [0.717, 1.165) is 25.8 Å². The summed E-state index contributed by atoms with van der Waals surface area (Å²) in [5, 5.41) is 2.94. The highest BCUT2D eigenvalue weighted by atomic mass is 32.2. The van der Waals surface area contributed by atoms with E-state index in [9.17, 15) is 13.2 Å². The van der Waals surface area contributed by atoms with Crippen LogP contribution in [0.25, 0.3) is 0 Å². The largest absolute Gasteiger partial charge is 0.373 e. The summed E-state index contributed by atoms with van der Waals surface area (Å²) >= 11 is 0. The number of amidine groups is 1. The van der Waals surface area contributed by atoms with E-state index >= 15 is 0 Å². The fourth-order valence-electron chi connectivity index (χ4n) is 4.72. The Labute approximate surface area is 198 Å². The van der Waals surface area contributed by atoms with Crippen LogP contribution in [-0.4, -0.2) is 74.9 Å². The van der Waals surface area contributed by atoms with Gasteiger partial charge in [-0.2, -0.15) is 8.42 Å². The molecule has 0 spiro atoms. The highest BCUT2D eigenvalue weighted by Crippen LogP contribution is 2.23. The molecule has 2 fully saturated rings. The number of nitrogens with one attached hydrogen (secondary N) is 1. The number of benzene rings is 1. The first kappa shape index (κ1) is 25.6. The standard InChI is InChI=1S/C24H38N4O4S/c1-17(2)23(28-15-18(3)32-19(4)16-28)24(29)25-20-10-9-11-21(14-20)33(30,31)26-22-12-7-6-8-13-27(22)5/h9-11,14,17-19,23H,6-8,12-13,15-16H2,1-5H3,(H,25,29)/b26-22-. The zero-order valence-electron chi connectivity index (χ0n) is 20.5. The van der Waals surface area contributed by atoms with Gasteiger partial charge in [0.2, 0.25) is 5.91 Å². The molecule has 2 heterocycles. The van der Waals surface area contributed by atoms with Crippen LogP contribution in [0.15, 0.2) is 33.6 Å². The molecule has 1 amide bonds. The first-order valence-electron chi connectivity index (χ1n) is 11.9. The van der Waals surface area contributed by atoms with E-state index in [1.807, 2.05) is 39.6 Å². The van der Waals surface area contributed by atoms with E-state index in [0.29, 0.717) is 31.0 Å². The van der Waals surface area contributed by atoms with E-state index < -0.39 is 10.0 Å². The second kappa shape index (κ2) is 11.0. The normalized spacial score (nSPS) is 25.2. The fourth-order valence-corrected chi connectivity index (χ4v) is 5.86. The van der Waals surface area contributed by atoms with Crippen molar-refractivity contribution in [3.63, 3.8) is 0 Å². The number of rotatable bonds is 6. The smallest absolute Gasteiger partial charge is 0.284 e. The van der Waals surface area contributed by atoms with Crippen molar-refractivity contribution in [1.29, 1.82) is 0 Å². The van der Waals surface area contributed by atoms with Crippen LogP contribution in [0.4, 0.5) is 5.69 Å². The van der Waals surface area contributed by atoms with Crippen LogP contribution in [-0.2, 0) is 19.6 Å². The van der Waals surface area contributed by atoms with Gasteiger partial charge in [0.25, 0.3) is 10.0 Å². The van der Waals surface area contributed by atoms with Gasteiger partial charge < -0.3 is 15.0 Å². The summed E-state index contributed by atoms with van der Waals surface area (Å²) in [6.07, 6.45) is 3.80. The second-order valence-corrected chi connectivity index (χ2v) is 11.2. The first-order valence-corrected chi connectivity index (χ1v) is 13.4. The molecule has 1 aromatic rings. The zero-order valence-corrected chi connectivity index (χ0v) is 21.3. The summed E-state index contributed by atoms with van der Waals surface area (Å²) in [5.74, 6) is 0.541. The number of likely N-dealkylation sites (tertiary alicyclic amines) is 1. The lowest BCUT2D eigenvalue weighted by Gasteiger charge is -2.41. The lowest BCUT2D eigenvalue weighted by atomic mass is 9.99. The van der Waals surface area contributed by atoms with Crippen molar-refractivity contribution < 1.29 is 17.9 Å². The Morgan fingerprint density at radius 1 is 1.15 bits per heavy atom. The van der Waals surface area contributed by atoms with E-state index in [1.54, 1.807) is 12.1 Å². The SMILES string of the molecule is CC1CN(C(C(=O)Nc2cccc(S(=O)(=O)/N=C3/CCCCCN3C)c2)C(C)C)CC(C)O1. The van der Waals surface area contributed by atoms with Gasteiger partial charge in [0.1, 0.15) is 5.84 Å². The maximum absolute atomic E-state index is 13.2. The Hall–Kier alpha value is -1.97. The van der Waals surface area contributed by atoms with E-state index in [4.69, 9.17) is 4.74 Å². The summed E-state index contributed by atoms with van der Waals surface area (Å²) in [6.45, 7) is 10.2. The van der Waals surface area contributed by atoms with Crippen molar-refractivity contribution in [1.82, 2.24) is 9.80 Å². The van der Waals surface area contributed by atoms with Crippen LogP contribution < -0.4 is 5.32 Å². The fraction of sp³-hybridized carbons (Fsp3) is 0.667. The molecule has 1 aromatic carbocycles. The molecule has 0 aliphatic carbocycles. The van der Waals surface area contributed by atoms with Crippen LogP contribution >= 0.6 is 0 Å². The molecule has 0 aromatic heterocycles. The maximum atomic E-state index is 13.2. The lowest BCUT2D eigenvalue weighted by molar-refractivity contribution is -0.130. The van der Waals surface area contributed by atoms with Crippen LogP contribution in [0.1, 0.15) is 53.4 Å². The van der Waals surface area contributed by atoms with Gasteiger partial charge in [0.15, 0.2) is 0 Å². The van der Waals surface area contributed by atoms with E-state index in [1.165, 1.54) is 12.1 Å². The second-order valence-electron chi connectivity index (χ2n) is 9.63. The summed E-state index contributed by atoms with van der Waals surface area (Å²) in [7, 11) is -1.99. The molecule has 1 N–H and O–H groups in total. The third-order valence-corrected chi connectivity index (χ3v) is 7.50. The molecule has 3 rings (SSSR count). The Morgan fingerprint density at radius 3 is 2.52 bits per heavy atom. The van der Waals surface area contributed by atoms with Gasteiger partial charge in [-0.3, -0.25) is 9.69 Å². The first-order chi connectivity index (χ1) is 15.6. The van der Waals surface area contributed by atoms with Gasteiger partial charge in [0, 0.05) is 38.8 Å². The number of ether oxygens (including phenoxy) is 1. The molecule has 184 valence electrons. The van der Waals surface area contributed by atoms with Crippen LogP contribution in [0.2, 0.25) is 0 Å². The number of carbonyl (C=O) groups excluding carboxylic acids is 1. The van der Waals surface area contributed by atoms with Crippen LogP contribution in [0.3, 0.4) is 0 Å². The van der Waals surface area contributed by atoms with Crippen molar-refractivity contribution in [2.75, 3.05) is 32.0 Å². The Morgan fingerprint density at radius 2 is 1.85 bits per heavy atom. The zero-order chi connectivity index (χ0) is 24.2. The lowest BCUT2D eigenvalue weighted by Crippen LogP contribution is -2.55. The molecule has 33 heavy (non-hydrogen) atoms. The predicted molar refractivity (Wildman–Crippen MR) is 131 cm³/mol. The quantitative estimate of drug-likeness (QED) is 0.674. The van der Waals surface area contributed by atoms with Gasteiger partial charge in [-0.1, -0.05) is 26.3 Å². The molecule has 0 bridgehead atoms. The van der Waals surface area contributed by atoms with Gasteiger partial charge in [-0.15, -0.1) is 4.40 Å². The van der Waals surface area contributed by atoms with Gasteiger partial charge in [-0.25, -0.2) is 0 Å². The number of nitrogens with zero attached hydrogens (tertiary/aromatic N) is 3. The van der Waals surface area contributed by atoms with Gasteiger partial charge in [-0.05, 0) is 50.8 Å². The minimum Gasteiger partial charge on any atom is -0.373 e.